The third-order valence-corrected chi connectivity index (χ3v) is 5.74. The fraction of sp³-hybridized carbons (Fsp3) is 0.280. The molecule has 0 bridgehead atoms. The number of carbonyl (C=O) groups excluding carboxylic acids is 2. The molecule has 0 spiro atoms. The van der Waals surface area contributed by atoms with Crippen molar-refractivity contribution in [3.63, 3.8) is 0 Å². The fourth-order valence-electron chi connectivity index (χ4n) is 3.91. The molecule has 1 aromatic heterocycles. The Morgan fingerprint density at radius 2 is 1.76 bits per heavy atom. The Balaban J connectivity index is 1.33. The summed E-state index contributed by atoms with van der Waals surface area (Å²) in [5.74, 6) is -0.828. The lowest BCUT2D eigenvalue weighted by Crippen LogP contribution is -2.49. The Bertz CT molecular complexity index is 1250. The van der Waals surface area contributed by atoms with Crippen LogP contribution < -0.4 is 15.8 Å². The van der Waals surface area contributed by atoms with Crippen molar-refractivity contribution >= 4 is 23.2 Å². The summed E-state index contributed by atoms with van der Waals surface area (Å²) in [6.45, 7) is 3.98. The van der Waals surface area contributed by atoms with Gasteiger partial charge >= 0.3 is 0 Å². The Labute approximate surface area is 196 Å². The van der Waals surface area contributed by atoms with E-state index in [-0.39, 0.29) is 35.9 Å². The minimum absolute atomic E-state index is 0.0662. The highest BCUT2D eigenvalue weighted by atomic mass is 19.1. The van der Waals surface area contributed by atoms with Gasteiger partial charge in [0, 0.05) is 44.4 Å². The predicted octanol–water partition coefficient (Wildman–Crippen LogP) is 2.68. The van der Waals surface area contributed by atoms with E-state index in [0.29, 0.717) is 37.6 Å². The molecular weight excluding hydrogens is 437 g/mol. The fourth-order valence-corrected chi connectivity index (χ4v) is 3.91. The van der Waals surface area contributed by atoms with Crippen LogP contribution >= 0.6 is 0 Å². The molecule has 0 saturated carbocycles. The Hall–Kier alpha value is -4.01. The normalized spacial score (nSPS) is 13.6. The van der Waals surface area contributed by atoms with Crippen molar-refractivity contribution in [2.45, 2.75) is 19.9 Å². The number of rotatable bonds is 6. The number of amides is 2. The molecule has 34 heavy (non-hydrogen) atoms. The average Bonchev–Trinajstić information content (AvgIpc) is 2.84. The maximum Gasteiger partial charge on any atom is 0.276 e. The Kier molecular flexibility index (Phi) is 7.01. The van der Waals surface area contributed by atoms with Crippen LogP contribution in [-0.2, 0) is 11.3 Å². The van der Waals surface area contributed by atoms with E-state index in [1.807, 2.05) is 30.0 Å². The predicted molar refractivity (Wildman–Crippen MR) is 127 cm³/mol. The first-order valence-corrected chi connectivity index (χ1v) is 11.1. The molecule has 0 unspecified atom stereocenters. The van der Waals surface area contributed by atoms with E-state index in [1.165, 1.54) is 18.2 Å². The highest BCUT2D eigenvalue weighted by Crippen LogP contribution is 2.20. The van der Waals surface area contributed by atoms with Crippen LogP contribution in [0.3, 0.4) is 0 Å². The van der Waals surface area contributed by atoms with E-state index in [0.717, 1.165) is 10.2 Å². The summed E-state index contributed by atoms with van der Waals surface area (Å²) in [4.78, 5) is 41.1. The molecule has 4 rings (SSSR count). The summed E-state index contributed by atoms with van der Waals surface area (Å²) in [6.07, 6.45) is 0.0789. The van der Waals surface area contributed by atoms with E-state index in [1.54, 1.807) is 29.2 Å². The van der Waals surface area contributed by atoms with Crippen LogP contribution in [0, 0.1) is 12.7 Å². The molecule has 1 aliphatic heterocycles. The number of benzene rings is 2. The second kappa shape index (κ2) is 10.3. The number of halogens is 1. The van der Waals surface area contributed by atoms with Gasteiger partial charge in [0.2, 0.25) is 5.91 Å². The van der Waals surface area contributed by atoms with Crippen LogP contribution in [-0.4, -0.2) is 52.7 Å². The number of nitrogens with one attached hydrogen (secondary N) is 1. The van der Waals surface area contributed by atoms with Crippen molar-refractivity contribution in [3.05, 3.63) is 88.1 Å². The molecule has 0 radical (unpaired) electrons. The van der Waals surface area contributed by atoms with Gasteiger partial charge in [0.05, 0.1) is 12.2 Å². The molecule has 1 saturated heterocycles. The molecule has 3 aromatic rings. The van der Waals surface area contributed by atoms with Gasteiger partial charge in [-0.3, -0.25) is 14.4 Å². The summed E-state index contributed by atoms with van der Waals surface area (Å²) in [7, 11) is 0. The number of aromatic nitrogens is 2. The van der Waals surface area contributed by atoms with Gasteiger partial charge in [-0.2, -0.15) is 5.10 Å². The van der Waals surface area contributed by atoms with Crippen LogP contribution in [0.2, 0.25) is 0 Å². The summed E-state index contributed by atoms with van der Waals surface area (Å²) in [5.41, 5.74) is 1.88. The lowest BCUT2D eigenvalue weighted by Gasteiger charge is -2.36. The number of hydrogen-bond donors (Lipinski definition) is 1. The maximum absolute atomic E-state index is 14.0. The van der Waals surface area contributed by atoms with Crippen LogP contribution in [0.5, 0.6) is 0 Å². The number of carbonyl (C=O) groups is 2. The van der Waals surface area contributed by atoms with Gasteiger partial charge in [0.15, 0.2) is 0 Å². The number of anilines is 2. The first kappa shape index (κ1) is 23.2. The first-order valence-electron chi connectivity index (χ1n) is 11.1. The van der Waals surface area contributed by atoms with Gasteiger partial charge in [0.1, 0.15) is 11.5 Å². The highest BCUT2D eigenvalue weighted by molar-refractivity contribution is 6.02. The van der Waals surface area contributed by atoms with Crippen molar-refractivity contribution in [1.82, 2.24) is 14.7 Å². The SMILES string of the molecule is Cc1cccc(NC(=O)c2ccc(=O)n(CCC(=O)N3CCN(c4ccccc4F)CC3)n2)c1. The van der Waals surface area contributed by atoms with Gasteiger partial charge in [0.25, 0.3) is 11.5 Å². The zero-order valence-electron chi connectivity index (χ0n) is 18.9. The molecule has 2 amide bonds. The molecule has 2 heterocycles. The first-order chi connectivity index (χ1) is 16.4. The third-order valence-electron chi connectivity index (χ3n) is 5.74. The zero-order chi connectivity index (χ0) is 24.1. The van der Waals surface area contributed by atoms with Gasteiger partial charge < -0.3 is 15.1 Å². The topological polar surface area (TPSA) is 87.5 Å². The number of hydrogen-bond acceptors (Lipinski definition) is 5. The summed E-state index contributed by atoms with van der Waals surface area (Å²) in [5, 5.41) is 6.90. The maximum atomic E-state index is 14.0. The van der Waals surface area contributed by atoms with Crippen molar-refractivity contribution in [2.75, 3.05) is 36.4 Å². The molecule has 9 heteroatoms. The van der Waals surface area contributed by atoms with Crippen molar-refractivity contribution in [3.8, 4) is 0 Å². The van der Waals surface area contributed by atoms with E-state index in [2.05, 4.69) is 10.4 Å². The number of aryl methyl sites for hydroxylation is 2. The molecule has 0 aliphatic carbocycles. The van der Waals surface area contributed by atoms with Crippen LogP contribution in [0.25, 0.3) is 0 Å². The summed E-state index contributed by atoms with van der Waals surface area (Å²) < 4.78 is 15.2. The van der Waals surface area contributed by atoms with E-state index in [9.17, 15) is 18.8 Å². The van der Waals surface area contributed by atoms with Crippen molar-refractivity contribution in [2.24, 2.45) is 0 Å². The van der Waals surface area contributed by atoms with Crippen LogP contribution in [0.4, 0.5) is 15.8 Å². The van der Waals surface area contributed by atoms with Crippen molar-refractivity contribution < 1.29 is 14.0 Å². The summed E-state index contributed by atoms with van der Waals surface area (Å²) >= 11 is 0. The second-order valence-electron chi connectivity index (χ2n) is 8.17. The van der Waals surface area contributed by atoms with Gasteiger partial charge in [-0.1, -0.05) is 24.3 Å². The molecule has 1 aliphatic rings. The molecule has 176 valence electrons. The zero-order valence-corrected chi connectivity index (χ0v) is 18.9. The molecule has 1 N–H and O–H groups in total. The van der Waals surface area contributed by atoms with E-state index < -0.39 is 5.91 Å². The van der Waals surface area contributed by atoms with Crippen molar-refractivity contribution in [1.29, 1.82) is 0 Å². The lowest BCUT2D eigenvalue weighted by atomic mass is 10.2. The molecule has 2 aromatic carbocycles. The average molecular weight is 464 g/mol. The number of piperazine rings is 1. The number of nitrogens with zero attached hydrogens (tertiary/aromatic N) is 4. The monoisotopic (exact) mass is 463 g/mol. The Morgan fingerprint density at radius 1 is 1.00 bits per heavy atom. The standard InChI is InChI=1S/C25H26FN5O3/c1-18-5-4-6-19(17-18)27-25(34)21-9-10-24(33)31(28-21)12-11-23(32)30-15-13-29(14-16-30)22-8-3-2-7-20(22)26/h2-10,17H,11-16H2,1H3,(H,27,34). The smallest absolute Gasteiger partial charge is 0.276 e. The van der Waals surface area contributed by atoms with Gasteiger partial charge in [-0.15, -0.1) is 0 Å². The number of para-hydroxylation sites is 1. The van der Waals surface area contributed by atoms with E-state index in [4.69, 9.17) is 0 Å². The third kappa shape index (κ3) is 5.48. The molecule has 0 atom stereocenters. The summed E-state index contributed by atoms with van der Waals surface area (Å²) in [6, 6.07) is 16.6. The lowest BCUT2D eigenvalue weighted by molar-refractivity contribution is -0.131. The van der Waals surface area contributed by atoms with Gasteiger partial charge in [-0.05, 0) is 42.8 Å². The Morgan fingerprint density at radius 3 is 2.50 bits per heavy atom. The molecule has 1 fully saturated rings. The largest absolute Gasteiger partial charge is 0.366 e. The molecule has 8 nitrogen and oxygen atoms in total. The molecular formula is C25H26FN5O3. The van der Waals surface area contributed by atoms with Gasteiger partial charge in [-0.25, -0.2) is 9.07 Å². The quantitative estimate of drug-likeness (QED) is 0.607. The minimum atomic E-state index is -0.435. The van der Waals surface area contributed by atoms with Crippen LogP contribution in [0.1, 0.15) is 22.5 Å². The minimum Gasteiger partial charge on any atom is -0.366 e. The second-order valence-corrected chi connectivity index (χ2v) is 8.17. The van der Waals surface area contributed by atoms with Crippen LogP contribution in [0.15, 0.2) is 65.5 Å². The van der Waals surface area contributed by atoms with E-state index >= 15 is 0 Å². The highest BCUT2D eigenvalue weighted by Gasteiger charge is 2.22.